The van der Waals surface area contributed by atoms with Crippen molar-refractivity contribution in [3.8, 4) is 5.69 Å². The maximum absolute atomic E-state index is 12.5. The van der Waals surface area contributed by atoms with E-state index in [1.54, 1.807) is 16.9 Å². The first kappa shape index (κ1) is 20.0. The van der Waals surface area contributed by atoms with Crippen LogP contribution in [0.3, 0.4) is 0 Å². The van der Waals surface area contributed by atoms with Crippen molar-refractivity contribution in [3.05, 3.63) is 71.4 Å². The molecule has 1 heterocycles. The maximum atomic E-state index is 12.5. The Morgan fingerprint density at radius 2 is 1.89 bits per heavy atom. The smallest absolute Gasteiger partial charge is 0.266 e. The lowest BCUT2D eigenvalue weighted by Gasteiger charge is -2.15. The van der Waals surface area contributed by atoms with Crippen molar-refractivity contribution in [2.24, 2.45) is 0 Å². The summed E-state index contributed by atoms with van der Waals surface area (Å²) in [6.07, 6.45) is 1.70. The highest BCUT2D eigenvalue weighted by Crippen LogP contribution is 2.25. The molecule has 1 amide bonds. The maximum Gasteiger partial charge on any atom is 0.266 e. The van der Waals surface area contributed by atoms with Gasteiger partial charge in [0.05, 0.1) is 17.8 Å². The van der Waals surface area contributed by atoms with Crippen molar-refractivity contribution in [2.45, 2.75) is 4.90 Å². The number of sulfonamides is 1. The molecule has 2 aromatic carbocycles. The lowest BCUT2D eigenvalue weighted by Crippen LogP contribution is -2.26. The topological polar surface area (TPSA) is 93.5 Å². The van der Waals surface area contributed by atoms with Crippen LogP contribution in [0.15, 0.2) is 65.7 Å². The predicted octanol–water partition coefficient (Wildman–Crippen LogP) is 2.96. The number of amides is 1. The van der Waals surface area contributed by atoms with Crippen molar-refractivity contribution in [1.82, 2.24) is 14.2 Å². The van der Waals surface area contributed by atoms with Crippen LogP contribution in [0.2, 0.25) is 5.02 Å². The molecule has 0 saturated heterocycles. The Balaban J connectivity index is 1.84. The summed E-state index contributed by atoms with van der Waals surface area (Å²) in [4.78, 5) is 17.0. The molecule has 1 N–H and O–H groups in total. The number of hydroxylamine groups is 1. The fourth-order valence-corrected chi connectivity index (χ4v) is 3.86. The number of carbonyl (C=O) groups excluding carboxylic acids is 1. The Morgan fingerprint density at radius 3 is 2.57 bits per heavy atom. The van der Waals surface area contributed by atoms with E-state index >= 15 is 0 Å². The van der Waals surface area contributed by atoms with Gasteiger partial charge < -0.3 is 5.32 Å². The molecule has 0 aliphatic rings. The van der Waals surface area contributed by atoms with Crippen LogP contribution in [-0.2, 0) is 14.9 Å². The Bertz CT molecular complexity index is 1100. The van der Waals surface area contributed by atoms with Crippen LogP contribution in [0.4, 0.5) is 5.82 Å². The largest absolute Gasteiger partial charge is 0.305 e. The zero-order valence-electron chi connectivity index (χ0n) is 15.0. The van der Waals surface area contributed by atoms with Crippen molar-refractivity contribution >= 4 is 33.3 Å². The molecule has 3 rings (SSSR count). The molecule has 0 aliphatic heterocycles. The fourth-order valence-electron chi connectivity index (χ4n) is 2.38. The minimum atomic E-state index is -4.00. The zero-order valence-corrected chi connectivity index (χ0v) is 16.6. The van der Waals surface area contributed by atoms with Gasteiger partial charge in [0.15, 0.2) is 5.82 Å². The van der Waals surface area contributed by atoms with Crippen LogP contribution in [0.25, 0.3) is 5.69 Å². The quantitative estimate of drug-likeness (QED) is 0.619. The number of nitrogens with one attached hydrogen (secondary N) is 1. The lowest BCUT2D eigenvalue weighted by atomic mass is 10.2. The van der Waals surface area contributed by atoms with Crippen LogP contribution in [-0.4, -0.2) is 42.7 Å². The van der Waals surface area contributed by atoms with Gasteiger partial charge in [-0.2, -0.15) is 5.10 Å². The van der Waals surface area contributed by atoms with Crippen molar-refractivity contribution in [1.29, 1.82) is 0 Å². The Morgan fingerprint density at radius 1 is 1.18 bits per heavy atom. The number of aromatic nitrogens is 2. The van der Waals surface area contributed by atoms with E-state index in [0.717, 1.165) is 5.69 Å². The molecular formula is C18H17ClN4O4S. The Labute approximate surface area is 167 Å². The highest BCUT2D eigenvalue weighted by molar-refractivity contribution is 7.89. The number of para-hydroxylation sites is 1. The SMILES string of the molecule is CON(C)S(=O)(=O)c1cc(C(=O)Nc2ccn(-c3ccccc3)n2)ccc1Cl. The number of rotatable bonds is 6. The monoisotopic (exact) mass is 420 g/mol. The summed E-state index contributed by atoms with van der Waals surface area (Å²) >= 11 is 6.01. The van der Waals surface area contributed by atoms with Crippen LogP contribution >= 0.6 is 11.6 Å². The molecule has 0 aliphatic carbocycles. The summed E-state index contributed by atoms with van der Waals surface area (Å²) < 4.78 is 27.2. The minimum Gasteiger partial charge on any atom is -0.305 e. The molecule has 0 bridgehead atoms. The van der Waals surface area contributed by atoms with E-state index in [4.69, 9.17) is 16.4 Å². The van der Waals surface area contributed by atoms with E-state index in [0.29, 0.717) is 10.3 Å². The zero-order chi connectivity index (χ0) is 20.3. The number of hydrogen-bond donors (Lipinski definition) is 1. The Kier molecular flexibility index (Phi) is 5.80. The van der Waals surface area contributed by atoms with Gasteiger partial charge in [0.25, 0.3) is 15.9 Å². The van der Waals surface area contributed by atoms with E-state index in [1.807, 2.05) is 30.3 Å². The van der Waals surface area contributed by atoms with Crippen LogP contribution in [0.5, 0.6) is 0 Å². The summed E-state index contributed by atoms with van der Waals surface area (Å²) in [6.45, 7) is 0. The first-order valence-corrected chi connectivity index (χ1v) is 9.90. The predicted molar refractivity (Wildman–Crippen MR) is 105 cm³/mol. The molecule has 0 fully saturated rings. The van der Waals surface area contributed by atoms with Gasteiger partial charge in [-0.05, 0) is 30.3 Å². The van der Waals surface area contributed by atoms with Crippen molar-refractivity contribution in [3.63, 3.8) is 0 Å². The van der Waals surface area contributed by atoms with E-state index in [2.05, 4.69) is 10.4 Å². The molecule has 10 heteroatoms. The van der Waals surface area contributed by atoms with Crippen molar-refractivity contribution in [2.75, 3.05) is 19.5 Å². The number of carbonyl (C=O) groups is 1. The highest BCUT2D eigenvalue weighted by atomic mass is 35.5. The normalized spacial score (nSPS) is 11.6. The molecule has 0 atom stereocenters. The molecule has 146 valence electrons. The van der Waals surface area contributed by atoms with E-state index in [9.17, 15) is 13.2 Å². The van der Waals surface area contributed by atoms with Crippen LogP contribution < -0.4 is 5.32 Å². The summed E-state index contributed by atoms with van der Waals surface area (Å²) in [5, 5.41) is 6.90. The second-order valence-corrected chi connectivity index (χ2v) is 7.99. The van der Waals surface area contributed by atoms with Gasteiger partial charge in [-0.25, -0.2) is 13.1 Å². The third-order valence-electron chi connectivity index (χ3n) is 3.92. The minimum absolute atomic E-state index is 0.0196. The number of anilines is 1. The summed E-state index contributed by atoms with van der Waals surface area (Å²) in [5.41, 5.74) is 0.951. The average molecular weight is 421 g/mol. The van der Waals surface area contributed by atoms with Gasteiger partial charge in [0.1, 0.15) is 4.90 Å². The van der Waals surface area contributed by atoms with Gasteiger partial charge in [0, 0.05) is 24.9 Å². The number of hydrogen-bond acceptors (Lipinski definition) is 5. The van der Waals surface area contributed by atoms with E-state index < -0.39 is 15.9 Å². The molecule has 28 heavy (non-hydrogen) atoms. The van der Waals surface area contributed by atoms with Gasteiger partial charge in [-0.1, -0.05) is 34.3 Å². The number of benzene rings is 2. The second kappa shape index (κ2) is 8.11. The standard InChI is InChI=1S/C18H17ClN4O4S/c1-22(27-2)28(25,26)16-12-13(8-9-15(16)19)18(24)20-17-10-11-23(21-17)14-6-4-3-5-7-14/h3-12H,1-2H3,(H,20,21,24). The molecule has 0 radical (unpaired) electrons. The molecule has 0 unspecified atom stereocenters. The Hall–Kier alpha value is -2.72. The second-order valence-electron chi connectivity index (χ2n) is 5.68. The van der Waals surface area contributed by atoms with Crippen LogP contribution in [0.1, 0.15) is 10.4 Å². The summed E-state index contributed by atoms with van der Waals surface area (Å²) in [6, 6.07) is 15.0. The van der Waals surface area contributed by atoms with Gasteiger partial charge in [0.2, 0.25) is 0 Å². The van der Waals surface area contributed by atoms with Crippen LogP contribution in [0, 0.1) is 0 Å². The lowest BCUT2D eigenvalue weighted by molar-refractivity contribution is -0.0258. The number of halogens is 1. The summed E-state index contributed by atoms with van der Waals surface area (Å²) in [7, 11) is -1.56. The highest BCUT2D eigenvalue weighted by Gasteiger charge is 2.25. The fraction of sp³-hybridized carbons (Fsp3) is 0.111. The third kappa shape index (κ3) is 4.07. The molecule has 0 spiro atoms. The first-order valence-electron chi connectivity index (χ1n) is 8.08. The molecule has 3 aromatic rings. The van der Waals surface area contributed by atoms with E-state index in [-0.39, 0.29) is 15.5 Å². The molecular weight excluding hydrogens is 404 g/mol. The summed E-state index contributed by atoms with van der Waals surface area (Å²) in [5.74, 6) is -0.200. The van der Waals surface area contributed by atoms with Crippen molar-refractivity contribution < 1.29 is 18.0 Å². The van der Waals surface area contributed by atoms with Gasteiger partial charge in [-0.15, -0.1) is 0 Å². The molecule has 1 aromatic heterocycles. The first-order chi connectivity index (χ1) is 13.3. The number of nitrogens with zero attached hydrogens (tertiary/aromatic N) is 3. The van der Waals surface area contributed by atoms with Gasteiger partial charge in [-0.3, -0.25) is 9.63 Å². The third-order valence-corrected chi connectivity index (χ3v) is 6.08. The average Bonchev–Trinajstić information content (AvgIpc) is 3.16. The molecule has 8 nitrogen and oxygen atoms in total. The molecule has 0 saturated carbocycles. The van der Waals surface area contributed by atoms with E-state index in [1.165, 1.54) is 32.4 Å². The van der Waals surface area contributed by atoms with Gasteiger partial charge >= 0.3 is 0 Å².